The van der Waals surface area contributed by atoms with Gasteiger partial charge in [-0.3, -0.25) is 4.79 Å². The van der Waals surface area contributed by atoms with Gasteiger partial charge >= 0.3 is 0 Å². The van der Waals surface area contributed by atoms with Gasteiger partial charge in [-0.15, -0.1) is 24.2 Å². The summed E-state index contributed by atoms with van der Waals surface area (Å²) >= 11 is 1.90. The minimum atomic E-state index is 0. The molecule has 0 atom stereocenters. The van der Waals surface area contributed by atoms with Crippen molar-refractivity contribution in [3.05, 3.63) is 29.3 Å². The van der Waals surface area contributed by atoms with Crippen LogP contribution in [0.15, 0.2) is 23.1 Å². The number of ketones is 1. The summed E-state index contributed by atoms with van der Waals surface area (Å²) in [5.41, 5.74) is 2.07. The lowest BCUT2D eigenvalue weighted by atomic mass is 9.95. The smallest absolute Gasteiger partial charge is 0.176 e. The lowest BCUT2D eigenvalue weighted by Crippen LogP contribution is -2.35. The fourth-order valence-corrected chi connectivity index (χ4v) is 4.06. The molecule has 4 heteroatoms. The van der Waals surface area contributed by atoms with E-state index in [4.69, 9.17) is 0 Å². The van der Waals surface area contributed by atoms with Gasteiger partial charge in [0, 0.05) is 16.5 Å². The van der Waals surface area contributed by atoms with Gasteiger partial charge in [0.1, 0.15) is 0 Å². The van der Waals surface area contributed by atoms with E-state index in [2.05, 4.69) is 31.3 Å². The average molecular weight is 356 g/mol. The zero-order valence-corrected chi connectivity index (χ0v) is 16.0. The molecule has 0 aromatic heterocycles. The molecule has 2 nitrogen and oxygen atoms in total. The fourth-order valence-electron chi connectivity index (χ4n) is 2.96. The van der Waals surface area contributed by atoms with Crippen LogP contribution in [0.4, 0.5) is 0 Å². The predicted molar refractivity (Wildman–Crippen MR) is 103 cm³/mol. The molecule has 0 heterocycles. The number of carbonyl (C=O) groups excluding carboxylic acids is 1. The highest BCUT2D eigenvalue weighted by molar-refractivity contribution is 7.99. The number of carbonyl (C=O) groups is 1. The Labute approximate surface area is 151 Å². The van der Waals surface area contributed by atoms with Crippen molar-refractivity contribution in [1.29, 1.82) is 0 Å². The van der Waals surface area contributed by atoms with Gasteiger partial charge in [-0.2, -0.15) is 0 Å². The first kappa shape index (κ1) is 20.5. The molecule has 0 aliphatic heterocycles. The third kappa shape index (κ3) is 6.86. The van der Waals surface area contributed by atoms with Crippen molar-refractivity contribution < 1.29 is 4.79 Å². The summed E-state index contributed by atoms with van der Waals surface area (Å²) in [5.74, 6) is 1.38. The van der Waals surface area contributed by atoms with E-state index in [1.807, 2.05) is 17.8 Å². The van der Waals surface area contributed by atoms with Crippen molar-refractivity contribution in [3.8, 4) is 0 Å². The summed E-state index contributed by atoms with van der Waals surface area (Å²) in [6.07, 6.45) is 8.87. The van der Waals surface area contributed by atoms with E-state index in [0.717, 1.165) is 11.3 Å². The molecule has 0 unspecified atom stereocenters. The lowest BCUT2D eigenvalue weighted by Gasteiger charge is -2.22. The molecule has 0 amide bonds. The van der Waals surface area contributed by atoms with E-state index >= 15 is 0 Å². The van der Waals surface area contributed by atoms with Crippen LogP contribution in [0.25, 0.3) is 0 Å². The average Bonchev–Trinajstić information content (AvgIpc) is 2.55. The van der Waals surface area contributed by atoms with Gasteiger partial charge in [0.15, 0.2) is 5.78 Å². The van der Waals surface area contributed by atoms with Crippen LogP contribution in [-0.4, -0.2) is 24.1 Å². The SMILES string of the molecule is CCCCSc1ccc(C(=O)CNC2CCCCC2)cc1C.Cl. The van der Waals surface area contributed by atoms with Gasteiger partial charge in [-0.1, -0.05) is 38.7 Å². The van der Waals surface area contributed by atoms with Gasteiger partial charge in [-0.05, 0) is 49.6 Å². The molecule has 1 saturated carbocycles. The number of thioether (sulfide) groups is 1. The molecule has 0 spiro atoms. The summed E-state index contributed by atoms with van der Waals surface area (Å²) in [4.78, 5) is 13.7. The number of nitrogens with one attached hydrogen (secondary N) is 1. The zero-order valence-electron chi connectivity index (χ0n) is 14.4. The van der Waals surface area contributed by atoms with E-state index in [9.17, 15) is 4.79 Å². The van der Waals surface area contributed by atoms with Crippen LogP contribution in [0.1, 0.15) is 67.8 Å². The second-order valence-corrected chi connectivity index (χ2v) is 7.46. The Balaban J connectivity index is 0.00000264. The van der Waals surface area contributed by atoms with Gasteiger partial charge < -0.3 is 5.32 Å². The largest absolute Gasteiger partial charge is 0.307 e. The number of halogens is 1. The molecule has 1 N–H and O–H groups in total. The summed E-state index contributed by atoms with van der Waals surface area (Å²) in [6.45, 7) is 4.81. The van der Waals surface area contributed by atoms with E-state index in [1.54, 1.807) is 0 Å². The first-order chi connectivity index (χ1) is 10.7. The number of aryl methyl sites for hydroxylation is 1. The van der Waals surface area contributed by atoms with Crippen molar-refractivity contribution in [3.63, 3.8) is 0 Å². The summed E-state index contributed by atoms with van der Waals surface area (Å²) in [6, 6.07) is 6.71. The van der Waals surface area contributed by atoms with Gasteiger partial charge in [0.2, 0.25) is 0 Å². The molecule has 1 aliphatic rings. The first-order valence-electron chi connectivity index (χ1n) is 8.70. The quantitative estimate of drug-likeness (QED) is 0.384. The number of rotatable bonds is 8. The zero-order chi connectivity index (χ0) is 15.8. The summed E-state index contributed by atoms with van der Waals surface area (Å²) in [5, 5.41) is 3.44. The van der Waals surface area contributed by atoms with Crippen molar-refractivity contribution >= 4 is 30.0 Å². The molecule has 0 radical (unpaired) electrons. The number of hydrogen-bond acceptors (Lipinski definition) is 3. The number of benzene rings is 1. The number of Topliss-reactive ketones (excluding diaryl/α,β-unsaturated/α-hetero) is 1. The van der Waals surface area contributed by atoms with Crippen molar-refractivity contribution in [1.82, 2.24) is 5.32 Å². The highest BCUT2D eigenvalue weighted by Gasteiger charge is 2.15. The Hall–Kier alpha value is -0.510. The Bertz CT molecular complexity index is 486. The van der Waals surface area contributed by atoms with Crippen LogP contribution in [0.2, 0.25) is 0 Å². The first-order valence-corrected chi connectivity index (χ1v) is 9.69. The lowest BCUT2D eigenvalue weighted by molar-refractivity contribution is 0.0984. The molecule has 1 aliphatic carbocycles. The Morgan fingerprint density at radius 2 is 2.00 bits per heavy atom. The molecular formula is C19H30ClNOS. The monoisotopic (exact) mass is 355 g/mol. The maximum Gasteiger partial charge on any atom is 0.176 e. The van der Waals surface area contributed by atoms with E-state index < -0.39 is 0 Å². The second-order valence-electron chi connectivity index (χ2n) is 6.32. The molecule has 130 valence electrons. The number of unbranched alkanes of at least 4 members (excludes halogenated alkanes) is 1. The maximum atomic E-state index is 12.3. The van der Waals surface area contributed by atoms with Crippen molar-refractivity contribution in [2.45, 2.75) is 69.7 Å². The minimum absolute atomic E-state index is 0. The Morgan fingerprint density at radius 3 is 2.65 bits per heavy atom. The van der Waals surface area contributed by atoms with E-state index in [0.29, 0.717) is 12.6 Å². The highest BCUT2D eigenvalue weighted by Crippen LogP contribution is 2.24. The van der Waals surface area contributed by atoms with Gasteiger partial charge in [0.25, 0.3) is 0 Å². The molecular weight excluding hydrogens is 326 g/mol. The Morgan fingerprint density at radius 1 is 1.26 bits per heavy atom. The molecule has 0 bridgehead atoms. The van der Waals surface area contributed by atoms with Crippen LogP contribution < -0.4 is 5.32 Å². The van der Waals surface area contributed by atoms with Crippen molar-refractivity contribution in [2.24, 2.45) is 0 Å². The molecule has 1 fully saturated rings. The van der Waals surface area contributed by atoms with Crippen LogP contribution in [0, 0.1) is 6.92 Å². The summed E-state index contributed by atoms with van der Waals surface area (Å²) in [7, 11) is 0. The summed E-state index contributed by atoms with van der Waals surface area (Å²) < 4.78 is 0. The molecule has 0 saturated heterocycles. The minimum Gasteiger partial charge on any atom is -0.307 e. The highest BCUT2D eigenvalue weighted by atomic mass is 35.5. The normalized spacial score (nSPS) is 15.2. The van der Waals surface area contributed by atoms with Crippen molar-refractivity contribution in [2.75, 3.05) is 12.3 Å². The van der Waals surface area contributed by atoms with Gasteiger partial charge in [-0.25, -0.2) is 0 Å². The second kappa shape index (κ2) is 11.1. The molecule has 1 aromatic carbocycles. The molecule has 1 aromatic rings. The van der Waals surface area contributed by atoms with Crippen LogP contribution in [0.5, 0.6) is 0 Å². The number of hydrogen-bond donors (Lipinski definition) is 1. The standard InChI is InChI=1S/C19H29NOS.ClH/c1-3-4-12-22-19-11-10-16(13-15(19)2)18(21)14-20-17-8-6-5-7-9-17;/h10-11,13,17,20H,3-9,12,14H2,1-2H3;1H. The van der Waals surface area contributed by atoms with E-state index in [1.165, 1.54) is 55.4 Å². The topological polar surface area (TPSA) is 29.1 Å². The van der Waals surface area contributed by atoms with E-state index in [-0.39, 0.29) is 18.2 Å². The molecule has 23 heavy (non-hydrogen) atoms. The van der Waals surface area contributed by atoms with Crippen LogP contribution in [0.3, 0.4) is 0 Å². The molecule has 2 rings (SSSR count). The van der Waals surface area contributed by atoms with Crippen LogP contribution >= 0.6 is 24.2 Å². The third-order valence-corrected chi connectivity index (χ3v) is 5.67. The fraction of sp³-hybridized carbons (Fsp3) is 0.632. The van der Waals surface area contributed by atoms with Crippen LogP contribution in [-0.2, 0) is 0 Å². The third-order valence-electron chi connectivity index (χ3n) is 4.41. The predicted octanol–water partition coefficient (Wildman–Crippen LogP) is 5.41. The Kier molecular flexibility index (Phi) is 9.92. The van der Waals surface area contributed by atoms with Gasteiger partial charge in [0.05, 0.1) is 6.54 Å². The maximum absolute atomic E-state index is 12.3.